The molecule has 0 bridgehead atoms. The molecule has 0 spiro atoms. The predicted octanol–water partition coefficient (Wildman–Crippen LogP) is 2.12. The lowest BCUT2D eigenvalue weighted by Gasteiger charge is -2.11. The lowest BCUT2D eigenvalue weighted by molar-refractivity contribution is 0.0602. The number of rotatable bonds is 4. The van der Waals surface area contributed by atoms with E-state index in [1.54, 1.807) is 12.1 Å². The summed E-state index contributed by atoms with van der Waals surface area (Å²) in [6.45, 7) is 5.08. The van der Waals surface area contributed by atoms with Crippen molar-refractivity contribution in [1.82, 2.24) is 0 Å². The van der Waals surface area contributed by atoms with Gasteiger partial charge in [-0.25, -0.2) is 4.79 Å². The van der Waals surface area contributed by atoms with Crippen LogP contribution in [0.2, 0.25) is 0 Å². The van der Waals surface area contributed by atoms with Gasteiger partial charge in [-0.2, -0.15) is 0 Å². The summed E-state index contributed by atoms with van der Waals surface area (Å²) in [7, 11) is 1.34. The molecule has 1 rings (SSSR count). The standard InChI is InChI=1S/C12H18N2O2/c1-8(2)7-14-9-4-5-11(13)10(6-9)12(15)16-3/h4-6,8,14H,7,13H2,1-3H3. The van der Waals surface area contributed by atoms with Crippen molar-refractivity contribution in [2.24, 2.45) is 5.92 Å². The second-order valence-electron chi connectivity index (χ2n) is 4.07. The van der Waals surface area contributed by atoms with Crippen molar-refractivity contribution in [3.05, 3.63) is 23.8 Å². The van der Waals surface area contributed by atoms with Gasteiger partial charge in [-0.1, -0.05) is 13.8 Å². The number of methoxy groups -OCH3 is 1. The lowest BCUT2D eigenvalue weighted by Crippen LogP contribution is -2.10. The number of nitrogens with one attached hydrogen (secondary N) is 1. The third kappa shape index (κ3) is 3.15. The molecule has 0 saturated heterocycles. The van der Waals surface area contributed by atoms with Crippen LogP contribution in [0.15, 0.2) is 18.2 Å². The number of esters is 1. The third-order valence-electron chi connectivity index (χ3n) is 2.17. The van der Waals surface area contributed by atoms with Crippen LogP contribution in [0.3, 0.4) is 0 Å². The maximum atomic E-state index is 11.4. The van der Waals surface area contributed by atoms with Gasteiger partial charge in [-0.3, -0.25) is 0 Å². The topological polar surface area (TPSA) is 64.3 Å². The molecule has 0 radical (unpaired) electrons. The van der Waals surface area contributed by atoms with Crippen LogP contribution in [0.1, 0.15) is 24.2 Å². The molecule has 0 fully saturated rings. The largest absolute Gasteiger partial charge is 0.465 e. The number of hydrogen-bond donors (Lipinski definition) is 2. The van der Waals surface area contributed by atoms with Crippen LogP contribution in [0, 0.1) is 5.92 Å². The number of nitrogen functional groups attached to an aromatic ring is 1. The van der Waals surface area contributed by atoms with Gasteiger partial charge in [-0.05, 0) is 24.1 Å². The molecule has 0 heterocycles. The van der Waals surface area contributed by atoms with E-state index in [2.05, 4.69) is 23.9 Å². The quantitative estimate of drug-likeness (QED) is 0.605. The Morgan fingerprint density at radius 2 is 2.19 bits per heavy atom. The van der Waals surface area contributed by atoms with E-state index in [4.69, 9.17) is 5.73 Å². The zero-order valence-electron chi connectivity index (χ0n) is 9.91. The van der Waals surface area contributed by atoms with Crippen LogP contribution in [0.25, 0.3) is 0 Å². The van der Waals surface area contributed by atoms with Gasteiger partial charge in [0.25, 0.3) is 0 Å². The van der Waals surface area contributed by atoms with Crippen LogP contribution in [0.5, 0.6) is 0 Å². The van der Waals surface area contributed by atoms with Crippen molar-refractivity contribution in [3.8, 4) is 0 Å². The molecule has 0 aliphatic rings. The number of nitrogens with two attached hydrogens (primary N) is 1. The number of anilines is 2. The Hall–Kier alpha value is -1.71. The Bertz CT molecular complexity index is 375. The van der Waals surface area contributed by atoms with E-state index in [1.807, 2.05) is 6.07 Å². The summed E-state index contributed by atoms with van der Waals surface area (Å²) >= 11 is 0. The van der Waals surface area contributed by atoms with Crippen molar-refractivity contribution in [1.29, 1.82) is 0 Å². The maximum Gasteiger partial charge on any atom is 0.340 e. The normalized spacial score (nSPS) is 10.2. The van der Waals surface area contributed by atoms with Crippen molar-refractivity contribution < 1.29 is 9.53 Å². The summed E-state index contributed by atoms with van der Waals surface area (Å²) in [6, 6.07) is 5.27. The highest BCUT2D eigenvalue weighted by molar-refractivity contribution is 5.96. The van der Waals surface area contributed by atoms with Gasteiger partial charge in [0.1, 0.15) is 0 Å². The molecule has 16 heavy (non-hydrogen) atoms. The fraction of sp³-hybridized carbons (Fsp3) is 0.417. The van der Waals surface area contributed by atoms with Gasteiger partial charge in [0.15, 0.2) is 0 Å². The van der Waals surface area contributed by atoms with Crippen LogP contribution < -0.4 is 11.1 Å². The average molecular weight is 222 g/mol. The second kappa shape index (κ2) is 5.39. The molecule has 0 aliphatic carbocycles. The van der Waals surface area contributed by atoms with E-state index in [0.29, 0.717) is 17.2 Å². The van der Waals surface area contributed by atoms with Crippen molar-refractivity contribution in [3.63, 3.8) is 0 Å². The Morgan fingerprint density at radius 1 is 1.50 bits per heavy atom. The summed E-state index contributed by atoms with van der Waals surface area (Å²) in [6.07, 6.45) is 0. The molecule has 0 unspecified atom stereocenters. The van der Waals surface area contributed by atoms with Crippen LogP contribution in [0.4, 0.5) is 11.4 Å². The minimum Gasteiger partial charge on any atom is -0.465 e. The third-order valence-corrected chi connectivity index (χ3v) is 2.17. The summed E-state index contributed by atoms with van der Waals surface area (Å²) in [5.41, 5.74) is 7.40. The molecule has 0 amide bonds. The van der Waals surface area contributed by atoms with E-state index in [-0.39, 0.29) is 0 Å². The number of carbonyl (C=O) groups is 1. The molecule has 4 heteroatoms. The van der Waals surface area contributed by atoms with Gasteiger partial charge in [0.2, 0.25) is 0 Å². The first-order valence-electron chi connectivity index (χ1n) is 5.26. The van der Waals surface area contributed by atoms with Gasteiger partial charge < -0.3 is 15.8 Å². The van der Waals surface area contributed by atoms with Crippen LogP contribution in [-0.2, 0) is 4.74 Å². The Labute approximate surface area is 95.8 Å². The molecular formula is C12H18N2O2. The lowest BCUT2D eigenvalue weighted by atomic mass is 10.1. The van der Waals surface area contributed by atoms with Crippen molar-refractivity contribution in [2.75, 3.05) is 24.7 Å². The fourth-order valence-electron chi connectivity index (χ4n) is 1.27. The molecule has 0 aliphatic heterocycles. The molecule has 3 N–H and O–H groups in total. The smallest absolute Gasteiger partial charge is 0.340 e. The van der Waals surface area contributed by atoms with Gasteiger partial charge >= 0.3 is 5.97 Å². The number of hydrogen-bond acceptors (Lipinski definition) is 4. The van der Waals surface area contributed by atoms with E-state index in [9.17, 15) is 4.79 Å². The van der Waals surface area contributed by atoms with Crippen molar-refractivity contribution >= 4 is 17.3 Å². The second-order valence-corrected chi connectivity index (χ2v) is 4.07. The Balaban J connectivity index is 2.85. The van der Waals surface area contributed by atoms with Crippen LogP contribution in [-0.4, -0.2) is 19.6 Å². The average Bonchev–Trinajstić information content (AvgIpc) is 2.27. The first-order valence-corrected chi connectivity index (χ1v) is 5.26. The van der Waals surface area contributed by atoms with Crippen molar-refractivity contribution in [2.45, 2.75) is 13.8 Å². The van der Waals surface area contributed by atoms with Crippen LogP contribution >= 0.6 is 0 Å². The minimum atomic E-state index is -0.411. The molecule has 0 aromatic heterocycles. The Morgan fingerprint density at radius 3 is 2.75 bits per heavy atom. The van der Waals surface area contributed by atoms with Gasteiger partial charge in [0, 0.05) is 17.9 Å². The van der Waals surface area contributed by atoms with Gasteiger partial charge in [0.05, 0.1) is 12.7 Å². The zero-order valence-corrected chi connectivity index (χ0v) is 9.91. The molecule has 1 aromatic carbocycles. The summed E-state index contributed by atoms with van der Waals surface area (Å²) < 4.78 is 4.65. The molecule has 1 aromatic rings. The maximum absolute atomic E-state index is 11.4. The molecule has 0 atom stereocenters. The Kier molecular flexibility index (Phi) is 4.17. The monoisotopic (exact) mass is 222 g/mol. The molecule has 88 valence electrons. The predicted molar refractivity (Wildman–Crippen MR) is 65.5 cm³/mol. The summed E-state index contributed by atoms with van der Waals surface area (Å²) in [4.78, 5) is 11.4. The number of ether oxygens (including phenoxy) is 1. The highest BCUT2D eigenvalue weighted by Gasteiger charge is 2.10. The molecule has 4 nitrogen and oxygen atoms in total. The first kappa shape index (κ1) is 12.4. The summed E-state index contributed by atoms with van der Waals surface area (Å²) in [5, 5.41) is 3.23. The van der Waals surface area contributed by atoms with Gasteiger partial charge in [-0.15, -0.1) is 0 Å². The van der Waals surface area contributed by atoms with E-state index in [1.165, 1.54) is 7.11 Å². The molecule has 0 saturated carbocycles. The van der Waals surface area contributed by atoms with E-state index < -0.39 is 5.97 Å². The van der Waals surface area contributed by atoms with E-state index >= 15 is 0 Å². The number of benzene rings is 1. The summed E-state index contributed by atoms with van der Waals surface area (Å²) in [5.74, 6) is 0.129. The molecular weight excluding hydrogens is 204 g/mol. The minimum absolute atomic E-state index is 0.399. The highest BCUT2D eigenvalue weighted by Crippen LogP contribution is 2.18. The first-order chi connectivity index (χ1) is 7.54. The van der Waals surface area contributed by atoms with E-state index in [0.717, 1.165) is 12.2 Å². The SMILES string of the molecule is COC(=O)c1cc(NCC(C)C)ccc1N. The fourth-order valence-corrected chi connectivity index (χ4v) is 1.27. The zero-order chi connectivity index (χ0) is 12.1. The number of carbonyl (C=O) groups excluding carboxylic acids is 1. The highest BCUT2D eigenvalue weighted by atomic mass is 16.5.